The van der Waals surface area contributed by atoms with Crippen molar-refractivity contribution < 1.29 is 70.7 Å². The van der Waals surface area contributed by atoms with Gasteiger partial charge in [-0.3, -0.25) is 18.7 Å². The van der Waals surface area contributed by atoms with Crippen molar-refractivity contribution in [2.75, 3.05) is 64.2 Å². The number of carbonyl (C=O) groups is 2. The summed E-state index contributed by atoms with van der Waals surface area (Å²) < 4.78 is 68.5. The third-order valence-electron chi connectivity index (χ3n) is 11.7. The minimum atomic E-state index is -3.02. The van der Waals surface area contributed by atoms with Crippen molar-refractivity contribution in [1.29, 1.82) is 10.5 Å². The van der Waals surface area contributed by atoms with Gasteiger partial charge >= 0.3 is 28.5 Å². The lowest BCUT2D eigenvalue weighted by Gasteiger charge is -2.51. The minimum absolute atomic E-state index is 0.0679. The highest BCUT2D eigenvalue weighted by Crippen LogP contribution is 2.48. The van der Waals surface area contributed by atoms with Gasteiger partial charge in [0.2, 0.25) is 11.8 Å². The second kappa shape index (κ2) is 28.2. The van der Waals surface area contributed by atoms with E-state index in [-0.39, 0.29) is 105 Å². The molecule has 0 radical (unpaired) electrons. The number of fused-ring (bicyclic) bond motifs is 1. The van der Waals surface area contributed by atoms with E-state index >= 15 is 0 Å². The summed E-state index contributed by atoms with van der Waals surface area (Å²) in [6.07, 6.45) is -3.89. The molecule has 2 aromatic rings. The Morgan fingerprint density at radius 1 is 0.746 bits per heavy atom. The molecular formula is C44H70N8O17Si2. The lowest BCUT2D eigenvalue weighted by Crippen LogP contribution is -2.66. The number of nitrogens with one attached hydrogen (secondary N) is 2. The van der Waals surface area contributed by atoms with Crippen molar-refractivity contribution >= 4 is 40.6 Å². The quantitative estimate of drug-likeness (QED) is 0.0706. The summed E-state index contributed by atoms with van der Waals surface area (Å²) >= 11 is 0. The van der Waals surface area contributed by atoms with Gasteiger partial charge in [0.1, 0.15) is 75.4 Å². The number of aliphatic hydroxyl groups is 2. The maximum atomic E-state index is 13.2. The van der Waals surface area contributed by atoms with Crippen LogP contribution in [0.25, 0.3) is 0 Å². The number of aliphatic hydroxyl groups excluding tert-OH is 2. The van der Waals surface area contributed by atoms with Crippen LogP contribution in [0.3, 0.4) is 0 Å². The minimum Gasteiger partial charge on any atom is -0.414 e. The lowest BCUT2D eigenvalue weighted by atomic mass is 10.1. The largest absolute Gasteiger partial charge is 0.414 e. The summed E-state index contributed by atoms with van der Waals surface area (Å²) in [4.78, 5) is 55.8. The van der Waals surface area contributed by atoms with Gasteiger partial charge in [-0.1, -0.05) is 55.4 Å². The first-order valence-corrected chi connectivity index (χ1v) is 27.3. The molecule has 2 amide bonds. The van der Waals surface area contributed by atoms with Gasteiger partial charge < -0.3 is 71.7 Å². The first kappa shape index (κ1) is 59.2. The average Bonchev–Trinajstić information content (AvgIpc) is 3.79. The van der Waals surface area contributed by atoms with Gasteiger partial charge in [0.05, 0.1) is 51.4 Å². The molecule has 3 saturated heterocycles. The number of amides is 2. The highest BCUT2D eigenvalue weighted by Gasteiger charge is 2.62. The molecule has 0 aromatic carbocycles. The number of carbonyl (C=O) groups excluding carboxylic acids is 2. The summed E-state index contributed by atoms with van der Waals surface area (Å²) in [5.41, 5.74) is -0.902. The van der Waals surface area contributed by atoms with E-state index in [4.69, 9.17) is 61.4 Å². The summed E-state index contributed by atoms with van der Waals surface area (Å²) in [6, 6.07) is 6.85. The summed E-state index contributed by atoms with van der Waals surface area (Å²) in [5, 5.41) is 41.7. The van der Waals surface area contributed by atoms with Crippen molar-refractivity contribution in [3.05, 3.63) is 45.5 Å². The predicted molar refractivity (Wildman–Crippen MR) is 254 cm³/mol. The van der Waals surface area contributed by atoms with Crippen LogP contribution in [0.15, 0.2) is 34.1 Å². The van der Waals surface area contributed by atoms with Crippen LogP contribution in [0.4, 0.5) is 11.6 Å². The van der Waals surface area contributed by atoms with Gasteiger partial charge in [0.15, 0.2) is 12.5 Å². The van der Waals surface area contributed by atoms with Crippen LogP contribution in [-0.4, -0.2) is 148 Å². The van der Waals surface area contributed by atoms with E-state index in [1.165, 1.54) is 42.9 Å². The Morgan fingerprint density at radius 2 is 1.21 bits per heavy atom. The first-order valence-electron chi connectivity index (χ1n) is 23.4. The van der Waals surface area contributed by atoms with Crippen LogP contribution in [0.2, 0.25) is 22.2 Å². The normalized spacial score (nSPS) is 24.6. The van der Waals surface area contributed by atoms with Gasteiger partial charge in [-0.15, -0.1) is 0 Å². The fraction of sp³-hybridized carbons (Fsp3) is 0.727. The van der Waals surface area contributed by atoms with Crippen molar-refractivity contribution in [3.63, 3.8) is 0 Å². The van der Waals surface area contributed by atoms with E-state index in [2.05, 4.69) is 76.0 Å². The Kier molecular flexibility index (Phi) is 23.5. The molecule has 2 aromatic heterocycles. The Balaban J connectivity index is 0.000000338. The van der Waals surface area contributed by atoms with E-state index in [0.29, 0.717) is 0 Å². The molecule has 6 unspecified atom stereocenters. The average molecular weight is 1040 g/mol. The van der Waals surface area contributed by atoms with Crippen LogP contribution in [0.5, 0.6) is 0 Å². The number of ether oxygens (including phenoxy) is 8. The topological polar surface area (TPSA) is 318 Å². The number of hydrogen-bond acceptors (Lipinski definition) is 21. The van der Waals surface area contributed by atoms with Crippen molar-refractivity contribution in [3.8, 4) is 12.1 Å². The number of hydrogen-bond donors (Lipinski definition) is 4. The number of anilines is 2. The Bertz CT molecular complexity index is 2210. The van der Waals surface area contributed by atoms with Crippen LogP contribution in [0, 0.1) is 22.7 Å². The molecule has 3 aliphatic rings. The highest BCUT2D eigenvalue weighted by atomic mass is 28.5. The van der Waals surface area contributed by atoms with Gasteiger partial charge in [0, 0.05) is 26.2 Å². The zero-order valence-corrected chi connectivity index (χ0v) is 44.0. The lowest BCUT2D eigenvalue weighted by molar-refractivity contribution is -0.175. The maximum absolute atomic E-state index is 13.2. The molecule has 396 valence electrons. The number of aromatic nitrogens is 4. The molecule has 3 aliphatic heterocycles. The number of nitrogens with zero attached hydrogens (tertiary/aromatic N) is 6. The zero-order chi connectivity index (χ0) is 52.5. The molecule has 4 N–H and O–H groups in total. The zero-order valence-electron chi connectivity index (χ0n) is 42.0. The summed E-state index contributed by atoms with van der Waals surface area (Å²) in [7, 11) is -5.83. The van der Waals surface area contributed by atoms with Crippen LogP contribution in [0.1, 0.15) is 94.5 Å². The molecule has 3 fully saturated rings. The van der Waals surface area contributed by atoms with Crippen LogP contribution in [-0.2, 0) is 60.5 Å². The molecule has 5 rings (SSSR count). The van der Waals surface area contributed by atoms with Crippen LogP contribution >= 0.6 is 0 Å². The molecule has 0 saturated carbocycles. The maximum Gasteiger partial charge on any atom is 0.351 e. The van der Waals surface area contributed by atoms with E-state index in [1.807, 2.05) is 12.1 Å². The molecule has 27 heteroatoms. The second-order valence-electron chi connectivity index (χ2n) is 18.0. The standard InChI is InChI=1S/C28H48N4O9Si2.C16H22N4O8/c1-18(2)42(19(3)4)38-15-23-25(40-43(41-42,20(5)6)21(7)8)26(37-17-36-16-35-14-10-12-29)27(39-23)32-13-11-24(30-22(9)33)31-28(32)34;1-10(22)18-12-3-5-20(16(24)19-12)15-14(13(23)11(7-21)28-15)27-9-26-8-25-6-2-4-17/h11,13,18-21,23,25-27H,10,14-17H2,1-9H3,(H,30,31,33,34);3,5,11,13-15,21,23H,2,6-9H2,1H3,(H,18,19,22,24)/t23?,25-,26?,27?;11?,13-,14?,15?/m00/s1. The molecular weight excluding hydrogens is 969 g/mol. The van der Waals surface area contributed by atoms with Gasteiger partial charge in [-0.2, -0.15) is 20.5 Å². The molecule has 0 bridgehead atoms. The third kappa shape index (κ3) is 15.6. The Hall–Kier alpha value is -4.41. The molecule has 5 heterocycles. The summed E-state index contributed by atoms with van der Waals surface area (Å²) in [6.45, 7) is 19.2. The summed E-state index contributed by atoms with van der Waals surface area (Å²) in [5.74, 6) is -0.515. The van der Waals surface area contributed by atoms with E-state index in [1.54, 1.807) is 0 Å². The van der Waals surface area contributed by atoms with E-state index < -0.39 is 84.2 Å². The first-order chi connectivity index (χ1) is 33.8. The third-order valence-corrected chi connectivity index (χ3v) is 21.9. The Morgan fingerprint density at radius 3 is 1.63 bits per heavy atom. The smallest absolute Gasteiger partial charge is 0.351 e. The van der Waals surface area contributed by atoms with Crippen molar-refractivity contribution in [1.82, 2.24) is 19.1 Å². The molecule has 0 spiro atoms. The highest BCUT2D eigenvalue weighted by molar-refractivity contribution is 6.84. The fourth-order valence-electron chi connectivity index (χ4n) is 8.30. The van der Waals surface area contributed by atoms with Gasteiger partial charge in [0.25, 0.3) is 0 Å². The van der Waals surface area contributed by atoms with E-state index in [9.17, 15) is 29.4 Å². The number of nitriles is 2. The van der Waals surface area contributed by atoms with Crippen LogP contribution < -0.4 is 22.0 Å². The van der Waals surface area contributed by atoms with Gasteiger partial charge in [-0.05, 0) is 34.3 Å². The fourth-order valence-corrected chi connectivity index (χ4v) is 19.5. The predicted octanol–water partition coefficient (Wildman–Crippen LogP) is 3.00. The molecule has 0 aliphatic carbocycles. The monoisotopic (exact) mass is 1040 g/mol. The van der Waals surface area contributed by atoms with E-state index in [0.717, 1.165) is 4.57 Å². The van der Waals surface area contributed by atoms with Crippen molar-refractivity contribution in [2.45, 2.75) is 153 Å². The SMILES string of the molecule is CC(=O)Nc1ccn(C2OC(CO)[C@H](O)C2OCOCOCCC#N)c(=O)n1.CC(=O)Nc1ccn(C2OC3CO[Si](C(C)C)(C(C)C)O[Si](C(C)C)(C(C)C)O[C@@H]3C2OCOCOCCC#N)c(=O)n1. The molecule has 71 heavy (non-hydrogen) atoms. The molecule has 8 atom stereocenters. The van der Waals surface area contributed by atoms with Crippen molar-refractivity contribution in [2.24, 2.45) is 0 Å². The Labute approximate surface area is 415 Å². The number of rotatable bonds is 23. The molecule has 25 nitrogen and oxygen atoms in total. The van der Waals surface area contributed by atoms with Gasteiger partial charge in [-0.25, -0.2) is 9.59 Å². The second-order valence-corrected chi connectivity index (χ2v) is 26.8.